The van der Waals surface area contributed by atoms with Gasteiger partial charge in [-0.25, -0.2) is 0 Å². The third-order valence-corrected chi connectivity index (χ3v) is 4.40. The SMILES string of the molecule is CC1CCN(C(=O)c2csc([N+](=O)[O-])c2)C(CN)C1. The third kappa shape index (κ3) is 2.93. The van der Waals surface area contributed by atoms with E-state index >= 15 is 0 Å². The maximum absolute atomic E-state index is 12.4. The normalized spacial score (nSPS) is 23.4. The minimum atomic E-state index is -0.472. The average molecular weight is 283 g/mol. The van der Waals surface area contributed by atoms with Gasteiger partial charge in [-0.1, -0.05) is 18.3 Å². The van der Waals surface area contributed by atoms with E-state index in [-0.39, 0.29) is 17.0 Å². The molecule has 1 aromatic heterocycles. The first-order chi connectivity index (χ1) is 9.02. The van der Waals surface area contributed by atoms with Gasteiger partial charge in [-0.2, -0.15) is 0 Å². The number of hydrogen-bond acceptors (Lipinski definition) is 5. The van der Waals surface area contributed by atoms with Crippen LogP contribution in [-0.2, 0) is 0 Å². The molecular formula is C12H17N3O3S. The standard InChI is InChI=1S/C12H17N3O3S/c1-8-2-3-14(10(4-8)6-13)12(16)9-5-11(15(17)18)19-7-9/h5,7-8,10H,2-4,6,13H2,1H3. The molecule has 2 heterocycles. The van der Waals surface area contributed by atoms with Gasteiger partial charge < -0.3 is 10.6 Å². The summed E-state index contributed by atoms with van der Waals surface area (Å²) in [6.45, 7) is 3.26. The molecule has 0 aliphatic carbocycles. The Hall–Kier alpha value is -1.47. The molecule has 19 heavy (non-hydrogen) atoms. The van der Waals surface area contributed by atoms with Crippen LogP contribution < -0.4 is 5.73 Å². The highest BCUT2D eigenvalue weighted by molar-refractivity contribution is 7.13. The topological polar surface area (TPSA) is 89.5 Å². The molecule has 1 saturated heterocycles. The second-order valence-electron chi connectivity index (χ2n) is 4.95. The summed E-state index contributed by atoms with van der Waals surface area (Å²) >= 11 is 0.982. The Morgan fingerprint density at radius 1 is 1.68 bits per heavy atom. The quantitative estimate of drug-likeness (QED) is 0.677. The number of piperidine rings is 1. The van der Waals surface area contributed by atoms with E-state index in [4.69, 9.17) is 5.73 Å². The third-order valence-electron chi connectivity index (χ3n) is 3.52. The van der Waals surface area contributed by atoms with E-state index < -0.39 is 4.92 Å². The van der Waals surface area contributed by atoms with Crippen molar-refractivity contribution in [3.63, 3.8) is 0 Å². The van der Waals surface area contributed by atoms with Gasteiger partial charge in [0.1, 0.15) is 0 Å². The molecule has 6 nitrogen and oxygen atoms in total. The molecule has 1 amide bonds. The maximum atomic E-state index is 12.4. The van der Waals surface area contributed by atoms with Crippen LogP contribution in [0.25, 0.3) is 0 Å². The fourth-order valence-corrected chi connectivity index (χ4v) is 3.14. The Kier molecular flexibility index (Phi) is 4.16. The second-order valence-corrected chi connectivity index (χ2v) is 5.84. The summed E-state index contributed by atoms with van der Waals surface area (Å²) in [4.78, 5) is 24.3. The van der Waals surface area contributed by atoms with E-state index in [2.05, 4.69) is 6.92 Å². The molecule has 2 rings (SSSR count). The van der Waals surface area contributed by atoms with Crippen molar-refractivity contribution in [2.24, 2.45) is 11.7 Å². The van der Waals surface area contributed by atoms with Gasteiger partial charge in [-0.05, 0) is 18.8 Å². The van der Waals surface area contributed by atoms with E-state index in [1.54, 1.807) is 10.3 Å². The minimum Gasteiger partial charge on any atom is -0.334 e. The lowest BCUT2D eigenvalue weighted by atomic mass is 9.92. The average Bonchev–Trinajstić information content (AvgIpc) is 2.87. The van der Waals surface area contributed by atoms with Crippen LogP contribution in [0.15, 0.2) is 11.4 Å². The van der Waals surface area contributed by atoms with Crippen LogP contribution in [-0.4, -0.2) is 34.9 Å². The largest absolute Gasteiger partial charge is 0.334 e. The van der Waals surface area contributed by atoms with Gasteiger partial charge in [0.05, 0.1) is 10.5 Å². The maximum Gasteiger partial charge on any atom is 0.324 e. The van der Waals surface area contributed by atoms with Crippen molar-refractivity contribution in [2.75, 3.05) is 13.1 Å². The summed E-state index contributed by atoms with van der Waals surface area (Å²) in [7, 11) is 0. The van der Waals surface area contributed by atoms with Gasteiger partial charge in [-0.15, -0.1) is 0 Å². The molecule has 0 aromatic carbocycles. The van der Waals surface area contributed by atoms with Crippen molar-refractivity contribution >= 4 is 22.2 Å². The molecule has 2 N–H and O–H groups in total. The van der Waals surface area contributed by atoms with Crippen LogP contribution in [0.2, 0.25) is 0 Å². The van der Waals surface area contributed by atoms with Crippen molar-refractivity contribution in [1.29, 1.82) is 0 Å². The van der Waals surface area contributed by atoms with E-state index in [0.29, 0.717) is 24.6 Å². The van der Waals surface area contributed by atoms with E-state index in [9.17, 15) is 14.9 Å². The first kappa shape index (κ1) is 14.0. The number of carbonyl (C=O) groups is 1. The second kappa shape index (κ2) is 5.66. The number of hydrogen-bond donors (Lipinski definition) is 1. The molecule has 104 valence electrons. The van der Waals surface area contributed by atoms with E-state index in [0.717, 1.165) is 24.2 Å². The predicted molar refractivity (Wildman–Crippen MR) is 73.3 cm³/mol. The van der Waals surface area contributed by atoms with Gasteiger partial charge >= 0.3 is 5.00 Å². The summed E-state index contributed by atoms with van der Waals surface area (Å²) in [5.41, 5.74) is 6.12. The molecular weight excluding hydrogens is 266 g/mol. The number of nitrogens with zero attached hydrogens (tertiary/aromatic N) is 2. The van der Waals surface area contributed by atoms with Gasteiger partial charge in [0.2, 0.25) is 0 Å². The molecule has 0 saturated carbocycles. The molecule has 0 bridgehead atoms. The number of thiophene rings is 1. The summed E-state index contributed by atoms with van der Waals surface area (Å²) in [6.07, 6.45) is 1.85. The van der Waals surface area contributed by atoms with Gasteiger partial charge in [0.15, 0.2) is 0 Å². The summed E-state index contributed by atoms with van der Waals surface area (Å²) < 4.78 is 0. The number of nitrogens with two attached hydrogens (primary N) is 1. The molecule has 0 radical (unpaired) electrons. The van der Waals surface area contributed by atoms with E-state index in [1.807, 2.05) is 0 Å². The molecule has 1 aromatic rings. The molecule has 2 atom stereocenters. The number of rotatable bonds is 3. The Bertz CT molecular complexity index is 488. The number of likely N-dealkylation sites (tertiary alicyclic amines) is 1. The van der Waals surface area contributed by atoms with Crippen LogP contribution in [0, 0.1) is 16.0 Å². The highest BCUT2D eigenvalue weighted by Crippen LogP contribution is 2.27. The van der Waals surface area contributed by atoms with Gasteiger partial charge in [0.25, 0.3) is 5.91 Å². The van der Waals surface area contributed by atoms with E-state index in [1.165, 1.54) is 6.07 Å². The zero-order valence-electron chi connectivity index (χ0n) is 10.7. The lowest BCUT2D eigenvalue weighted by Gasteiger charge is -2.37. The minimum absolute atomic E-state index is 0.00183. The lowest BCUT2D eigenvalue weighted by Crippen LogP contribution is -2.49. The Morgan fingerprint density at radius 3 is 3.00 bits per heavy atom. The molecule has 1 aliphatic rings. The van der Waals surface area contributed by atoms with Crippen LogP contribution in [0.1, 0.15) is 30.1 Å². The summed E-state index contributed by atoms with van der Waals surface area (Å²) in [5.74, 6) is 0.418. The molecule has 2 unspecified atom stereocenters. The van der Waals surface area contributed by atoms with Crippen molar-refractivity contribution in [3.8, 4) is 0 Å². The highest BCUT2D eigenvalue weighted by Gasteiger charge is 2.30. The zero-order chi connectivity index (χ0) is 14.0. The summed E-state index contributed by atoms with van der Waals surface area (Å²) in [5, 5.41) is 12.2. The van der Waals surface area contributed by atoms with Crippen molar-refractivity contribution < 1.29 is 9.72 Å². The van der Waals surface area contributed by atoms with Gasteiger partial charge in [-0.3, -0.25) is 14.9 Å². The number of carbonyl (C=O) groups excluding carboxylic acids is 1. The first-order valence-corrected chi connectivity index (χ1v) is 7.15. The Morgan fingerprint density at radius 2 is 2.42 bits per heavy atom. The fourth-order valence-electron chi connectivity index (χ4n) is 2.44. The molecule has 1 aliphatic heterocycles. The molecule has 0 spiro atoms. The van der Waals surface area contributed by atoms with Crippen molar-refractivity contribution in [1.82, 2.24) is 4.90 Å². The summed E-state index contributed by atoms with van der Waals surface area (Å²) in [6, 6.07) is 1.38. The Balaban J connectivity index is 2.15. The van der Waals surface area contributed by atoms with Crippen LogP contribution in [0.5, 0.6) is 0 Å². The first-order valence-electron chi connectivity index (χ1n) is 6.27. The van der Waals surface area contributed by atoms with Gasteiger partial charge in [0, 0.05) is 30.6 Å². The lowest BCUT2D eigenvalue weighted by molar-refractivity contribution is -0.380. The zero-order valence-corrected chi connectivity index (χ0v) is 11.6. The Labute approximate surface area is 115 Å². The van der Waals surface area contributed by atoms with Crippen LogP contribution in [0.3, 0.4) is 0 Å². The number of nitro groups is 1. The monoisotopic (exact) mass is 283 g/mol. The predicted octanol–water partition coefficient (Wildman–Crippen LogP) is 1.86. The van der Waals surface area contributed by atoms with Crippen LogP contribution in [0.4, 0.5) is 5.00 Å². The molecule has 1 fully saturated rings. The van der Waals surface area contributed by atoms with Crippen molar-refractivity contribution in [2.45, 2.75) is 25.8 Å². The smallest absolute Gasteiger partial charge is 0.324 e. The van der Waals surface area contributed by atoms with Crippen molar-refractivity contribution in [3.05, 3.63) is 27.1 Å². The fraction of sp³-hybridized carbons (Fsp3) is 0.583. The number of amides is 1. The molecule has 7 heteroatoms. The highest BCUT2D eigenvalue weighted by atomic mass is 32.1. The van der Waals surface area contributed by atoms with Crippen LogP contribution >= 0.6 is 11.3 Å².